The molecule has 0 radical (unpaired) electrons. The number of nitrogens with one attached hydrogen (secondary N) is 2. The normalized spacial score (nSPS) is 18.0. The predicted molar refractivity (Wildman–Crippen MR) is 139 cm³/mol. The Kier molecular flexibility index (Phi) is 6.55. The van der Waals surface area contributed by atoms with Crippen molar-refractivity contribution in [1.29, 1.82) is 0 Å². The van der Waals surface area contributed by atoms with Gasteiger partial charge < -0.3 is 15.6 Å². The first kappa shape index (κ1) is 23.5. The average molecular weight is 491 g/mol. The third kappa shape index (κ3) is 5.37. The number of nitrogens with zero attached hydrogens (tertiary/aromatic N) is 3. The first-order valence-electron chi connectivity index (χ1n) is 11.8. The number of hydrogen-bond donors (Lipinski definition) is 3. The Morgan fingerprint density at radius 3 is 2.57 bits per heavy atom. The molecule has 182 valence electrons. The summed E-state index contributed by atoms with van der Waals surface area (Å²) in [7, 11) is -3.27. The van der Waals surface area contributed by atoms with Gasteiger partial charge in [-0.1, -0.05) is 48.5 Å². The van der Waals surface area contributed by atoms with Gasteiger partial charge in [0.25, 0.3) is 0 Å². The van der Waals surface area contributed by atoms with Gasteiger partial charge in [-0.05, 0) is 48.1 Å². The molecule has 1 saturated carbocycles. The minimum absolute atomic E-state index is 0.234. The molecule has 2 heterocycles. The van der Waals surface area contributed by atoms with E-state index in [1.165, 1.54) is 11.9 Å². The SMILES string of the molecule is CS(=O)(=O)NCc1cccc(-c2cn(C3CC(CNCc4ccccc4)C3)c3ncnc(N)c23)c1. The number of rotatable bonds is 9. The van der Waals surface area contributed by atoms with Gasteiger partial charge in [-0.3, -0.25) is 0 Å². The van der Waals surface area contributed by atoms with E-state index in [-0.39, 0.29) is 6.54 Å². The number of benzene rings is 2. The number of fused-ring (bicyclic) bond motifs is 1. The molecule has 0 unspecified atom stereocenters. The number of hydrogen-bond acceptors (Lipinski definition) is 6. The summed E-state index contributed by atoms with van der Waals surface area (Å²) in [6.07, 6.45) is 6.95. The van der Waals surface area contributed by atoms with Gasteiger partial charge in [0.2, 0.25) is 10.0 Å². The zero-order valence-electron chi connectivity index (χ0n) is 19.7. The number of sulfonamides is 1. The topological polar surface area (TPSA) is 115 Å². The lowest BCUT2D eigenvalue weighted by molar-refractivity contribution is 0.196. The maximum atomic E-state index is 11.5. The minimum Gasteiger partial charge on any atom is -0.383 e. The molecule has 2 aromatic heterocycles. The van der Waals surface area contributed by atoms with E-state index in [9.17, 15) is 8.42 Å². The standard InChI is InChI=1S/C26H30N6O2S/c1-35(33,34)31-15-19-8-5-9-21(10-19)23-16-32(26-24(23)25(27)29-17-30-26)22-11-20(12-22)14-28-13-18-6-3-2-4-7-18/h2-10,16-17,20,22,28,31H,11-15H2,1H3,(H2,27,29,30). The molecule has 4 N–H and O–H groups in total. The van der Waals surface area contributed by atoms with Gasteiger partial charge in [-0.2, -0.15) is 0 Å². The molecule has 0 saturated heterocycles. The lowest BCUT2D eigenvalue weighted by atomic mass is 9.80. The van der Waals surface area contributed by atoms with Crippen molar-refractivity contribution in [1.82, 2.24) is 24.6 Å². The molecular weight excluding hydrogens is 460 g/mol. The van der Waals surface area contributed by atoms with Crippen molar-refractivity contribution in [2.75, 3.05) is 18.5 Å². The zero-order valence-corrected chi connectivity index (χ0v) is 20.5. The molecular formula is C26H30N6O2S. The summed E-state index contributed by atoms with van der Waals surface area (Å²) in [5.41, 5.74) is 11.2. The fourth-order valence-corrected chi connectivity index (χ4v) is 5.21. The number of nitrogen functional groups attached to an aromatic ring is 1. The van der Waals surface area contributed by atoms with Crippen LogP contribution in [0.4, 0.5) is 5.82 Å². The predicted octanol–water partition coefficient (Wildman–Crippen LogP) is 3.47. The van der Waals surface area contributed by atoms with E-state index < -0.39 is 10.0 Å². The van der Waals surface area contributed by atoms with Crippen LogP contribution in [0.5, 0.6) is 0 Å². The summed E-state index contributed by atoms with van der Waals surface area (Å²) < 4.78 is 27.8. The molecule has 1 fully saturated rings. The monoisotopic (exact) mass is 490 g/mol. The van der Waals surface area contributed by atoms with Gasteiger partial charge in [0.05, 0.1) is 11.6 Å². The fraction of sp³-hybridized carbons (Fsp3) is 0.308. The molecule has 0 aliphatic heterocycles. The van der Waals surface area contributed by atoms with Crippen molar-refractivity contribution in [2.24, 2.45) is 5.92 Å². The van der Waals surface area contributed by atoms with Crippen molar-refractivity contribution in [3.63, 3.8) is 0 Å². The molecule has 1 aliphatic carbocycles. The van der Waals surface area contributed by atoms with Crippen LogP contribution < -0.4 is 15.8 Å². The number of anilines is 1. The molecule has 0 amide bonds. The molecule has 0 atom stereocenters. The lowest BCUT2D eigenvalue weighted by Gasteiger charge is -2.36. The van der Waals surface area contributed by atoms with E-state index in [1.54, 1.807) is 0 Å². The Labute approximate surface area is 205 Å². The smallest absolute Gasteiger partial charge is 0.209 e. The highest BCUT2D eigenvalue weighted by Gasteiger charge is 2.32. The highest BCUT2D eigenvalue weighted by atomic mass is 32.2. The van der Waals surface area contributed by atoms with Crippen molar-refractivity contribution in [3.05, 3.63) is 78.2 Å². The quantitative estimate of drug-likeness (QED) is 0.331. The summed E-state index contributed by atoms with van der Waals surface area (Å²) >= 11 is 0. The second-order valence-corrected chi connectivity index (χ2v) is 11.1. The molecule has 5 rings (SSSR count). The largest absolute Gasteiger partial charge is 0.383 e. The third-order valence-corrected chi connectivity index (χ3v) is 7.29. The van der Waals surface area contributed by atoms with Crippen LogP contribution in [0.15, 0.2) is 67.1 Å². The molecule has 1 aliphatic rings. The third-order valence-electron chi connectivity index (χ3n) is 6.62. The van der Waals surface area contributed by atoms with E-state index in [1.807, 2.05) is 30.3 Å². The Hall–Kier alpha value is -3.27. The van der Waals surface area contributed by atoms with Gasteiger partial charge in [0.15, 0.2) is 0 Å². The molecule has 4 aromatic rings. The Bertz CT molecular complexity index is 1430. The van der Waals surface area contributed by atoms with E-state index in [2.05, 4.69) is 55.0 Å². The summed E-state index contributed by atoms with van der Waals surface area (Å²) in [5, 5.41) is 4.42. The van der Waals surface area contributed by atoms with Crippen molar-refractivity contribution >= 4 is 26.9 Å². The molecule has 9 heteroatoms. The summed E-state index contributed by atoms with van der Waals surface area (Å²) in [6, 6.07) is 18.6. The second kappa shape index (κ2) is 9.77. The molecule has 0 bridgehead atoms. The molecule has 8 nitrogen and oxygen atoms in total. The van der Waals surface area contributed by atoms with E-state index >= 15 is 0 Å². The first-order valence-corrected chi connectivity index (χ1v) is 13.7. The van der Waals surface area contributed by atoms with Gasteiger partial charge in [0, 0.05) is 30.9 Å². The van der Waals surface area contributed by atoms with Crippen molar-refractivity contribution in [2.45, 2.75) is 32.0 Å². The van der Waals surface area contributed by atoms with Gasteiger partial charge in [0.1, 0.15) is 17.8 Å². The van der Waals surface area contributed by atoms with E-state index in [4.69, 9.17) is 5.73 Å². The van der Waals surface area contributed by atoms with Gasteiger partial charge in [-0.15, -0.1) is 0 Å². The number of aromatic nitrogens is 3. The zero-order chi connectivity index (χ0) is 24.4. The highest BCUT2D eigenvalue weighted by Crippen LogP contribution is 2.42. The average Bonchev–Trinajstić information content (AvgIpc) is 3.20. The van der Waals surface area contributed by atoms with Crippen LogP contribution >= 0.6 is 0 Å². The van der Waals surface area contributed by atoms with Crippen molar-refractivity contribution < 1.29 is 8.42 Å². The van der Waals surface area contributed by atoms with Crippen LogP contribution in [0, 0.1) is 5.92 Å². The second-order valence-electron chi connectivity index (χ2n) is 9.31. The van der Waals surface area contributed by atoms with Gasteiger partial charge >= 0.3 is 0 Å². The van der Waals surface area contributed by atoms with Crippen LogP contribution in [0.1, 0.15) is 30.0 Å². The summed E-state index contributed by atoms with van der Waals surface area (Å²) in [5.74, 6) is 1.07. The van der Waals surface area contributed by atoms with Crippen LogP contribution in [-0.2, 0) is 23.1 Å². The molecule has 35 heavy (non-hydrogen) atoms. The first-order chi connectivity index (χ1) is 16.9. The summed E-state index contributed by atoms with van der Waals surface area (Å²) in [6.45, 7) is 2.11. The Morgan fingerprint density at radius 1 is 1.03 bits per heavy atom. The van der Waals surface area contributed by atoms with E-state index in [0.717, 1.165) is 59.9 Å². The summed E-state index contributed by atoms with van der Waals surface area (Å²) in [4.78, 5) is 8.81. The lowest BCUT2D eigenvalue weighted by Crippen LogP contribution is -2.34. The van der Waals surface area contributed by atoms with Gasteiger partial charge in [-0.25, -0.2) is 23.1 Å². The minimum atomic E-state index is -3.27. The number of nitrogens with two attached hydrogens (primary N) is 1. The Morgan fingerprint density at radius 2 is 1.80 bits per heavy atom. The maximum Gasteiger partial charge on any atom is 0.209 e. The van der Waals surface area contributed by atoms with Crippen LogP contribution in [-0.4, -0.2) is 35.8 Å². The highest BCUT2D eigenvalue weighted by molar-refractivity contribution is 7.88. The van der Waals surface area contributed by atoms with Crippen LogP contribution in [0.25, 0.3) is 22.2 Å². The fourth-order valence-electron chi connectivity index (χ4n) is 4.78. The Balaban J connectivity index is 1.33. The van der Waals surface area contributed by atoms with Crippen molar-refractivity contribution in [3.8, 4) is 11.1 Å². The van der Waals surface area contributed by atoms with E-state index in [0.29, 0.717) is 17.8 Å². The van der Waals surface area contributed by atoms with Crippen LogP contribution in [0.3, 0.4) is 0 Å². The van der Waals surface area contributed by atoms with Crippen LogP contribution in [0.2, 0.25) is 0 Å². The molecule has 0 spiro atoms. The maximum absolute atomic E-state index is 11.5. The molecule has 2 aromatic carbocycles.